The summed E-state index contributed by atoms with van der Waals surface area (Å²) in [6, 6.07) is 8.21. The van der Waals surface area contributed by atoms with E-state index < -0.39 is 0 Å². The first-order valence-electron chi connectivity index (χ1n) is 11.6. The van der Waals surface area contributed by atoms with Gasteiger partial charge in [-0.05, 0) is 50.5 Å². The van der Waals surface area contributed by atoms with Gasteiger partial charge >= 0.3 is 0 Å². The van der Waals surface area contributed by atoms with Gasteiger partial charge in [0.05, 0.1) is 4.92 Å². The smallest absolute Gasteiger partial charge is 0.269 e. The summed E-state index contributed by atoms with van der Waals surface area (Å²) >= 11 is 0. The number of benzene rings is 1. The molecule has 2 fully saturated rings. The summed E-state index contributed by atoms with van der Waals surface area (Å²) in [4.78, 5) is 17.5. The summed E-state index contributed by atoms with van der Waals surface area (Å²) in [7, 11) is 1.84. The van der Waals surface area contributed by atoms with Crippen LogP contribution in [0.2, 0.25) is 0 Å². The molecule has 8 heteroatoms. The quantitative estimate of drug-likeness (QED) is 0.126. The number of likely N-dealkylation sites (tertiary alicyclic amines) is 1. The van der Waals surface area contributed by atoms with E-state index in [4.69, 9.17) is 0 Å². The minimum Gasteiger partial charge on any atom is -0.356 e. The maximum Gasteiger partial charge on any atom is 0.269 e. The van der Waals surface area contributed by atoms with Crippen molar-refractivity contribution in [3.8, 4) is 0 Å². The van der Waals surface area contributed by atoms with Gasteiger partial charge in [0.1, 0.15) is 0 Å². The van der Waals surface area contributed by atoms with Crippen LogP contribution in [-0.4, -0.2) is 54.5 Å². The number of nitrogens with one attached hydrogen (secondary N) is 2. The van der Waals surface area contributed by atoms with Crippen LogP contribution in [0.15, 0.2) is 29.3 Å². The van der Waals surface area contributed by atoms with Crippen molar-refractivity contribution in [2.24, 2.45) is 4.99 Å². The molecule has 1 saturated carbocycles. The molecule has 2 aliphatic rings. The SMILES string of the molecule is CN=C(NCCCCc1ccc([N+](=O)[O-])cc1)NC1CCN(C2CCCCC2)CC1.I. The number of rotatable bonds is 8. The van der Waals surface area contributed by atoms with Gasteiger partial charge in [0.15, 0.2) is 5.96 Å². The third kappa shape index (κ3) is 8.56. The summed E-state index contributed by atoms with van der Waals surface area (Å²) in [6.07, 6.45) is 12.4. The Morgan fingerprint density at radius 2 is 1.77 bits per heavy atom. The van der Waals surface area contributed by atoms with E-state index >= 15 is 0 Å². The Morgan fingerprint density at radius 3 is 2.39 bits per heavy atom. The van der Waals surface area contributed by atoms with E-state index in [-0.39, 0.29) is 34.6 Å². The minimum absolute atomic E-state index is 0. The fourth-order valence-corrected chi connectivity index (χ4v) is 4.69. The Labute approximate surface area is 203 Å². The number of aryl methyl sites for hydroxylation is 1. The second-order valence-corrected chi connectivity index (χ2v) is 8.63. The van der Waals surface area contributed by atoms with Gasteiger partial charge in [-0.2, -0.15) is 0 Å². The highest BCUT2D eigenvalue weighted by molar-refractivity contribution is 14.0. The highest BCUT2D eigenvalue weighted by atomic mass is 127. The van der Waals surface area contributed by atoms with Crippen LogP contribution in [0.3, 0.4) is 0 Å². The summed E-state index contributed by atoms with van der Waals surface area (Å²) in [6.45, 7) is 3.29. The molecule has 174 valence electrons. The number of halogens is 1. The van der Waals surface area contributed by atoms with Crippen molar-refractivity contribution in [3.63, 3.8) is 0 Å². The number of aliphatic imine (C=N–C) groups is 1. The molecular formula is C23H38IN5O2. The van der Waals surface area contributed by atoms with Crippen LogP contribution in [0.4, 0.5) is 5.69 Å². The second-order valence-electron chi connectivity index (χ2n) is 8.63. The summed E-state index contributed by atoms with van der Waals surface area (Å²) < 4.78 is 0. The molecule has 0 atom stereocenters. The van der Waals surface area contributed by atoms with Gasteiger partial charge in [-0.3, -0.25) is 15.1 Å². The third-order valence-electron chi connectivity index (χ3n) is 6.52. The van der Waals surface area contributed by atoms with E-state index in [0.717, 1.165) is 43.4 Å². The van der Waals surface area contributed by atoms with E-state index in [9.17, 15) is 10.1 Å². The number of nitro benzene ring substituents is 1. The van der Waals surface area contributed by atoms with Crippen LogP contribution >= 0.6 is 24.0 Å². The lowest BCUT2D eigenvalue weighted by atomic mass is 9.92. The number of nitro groups is 1. The molecule has 7 nitrogen and oxygen atoms in total. The highest BCUT2D eigenvalue weighted by Crippen LogP contribution is 2.25. The van der Waals surface area contributed by atoms with Crippen molar-refractivity contribution >= 4 is 35.6 Å². The average Bonchev–Trinajstić information content (AvgIpc) is 2.79. The van der Waals surface area contributed by atoms with Gasteiger partial charge in [0.25, 0.3) is 5.69 Å². The topological polar surface area (TPSA) is 82.8 Å². The standard InChI is InChI=1S/C23H37N5O2.HI/c1-24-23(25-16-6-5-7-19-10-12-22(13-11-19)28(29)30)26-20-14-17-27(18-15-20)21-8-3-2-4-9-21;/h10-13,20-21H,2-9,14-18H2,1H3,(H2,24,25,26);1H. The molecule has 0 aromatic heterocycles. The molecule has 0 spiro atoms. The first kappa shape index (κ1) is 25.8. The van der Waals surface area contributed by atoms with Crippen molar-refractivity contribution in [1.29, 1.82) is 0 Å². The lowest BCUT2D eigenvalue weighted by Gasteiger charge is -2.39. The van der Waals surface area contributed by atoms with Crippen molar-refractivity contribution < 1.29 is 4.92 Å². The number of hydrogen-bond donors (Lipinski definition) is 2. The summed E-state index contributed by atoms with van der Waals surface area (Å²) in [5, 5.41) is 17.8. The van der Waals surface area contributed by atoms with Gasteiger partial charge in [0, 0.05) is 50.9 Å². The molecule has 1 aliphatic heterocycles. The molecular weight excluding hydrogens is 505 g/mol. The molecule has 1 aliphatic carbocycles. The average molecular weight is 543 g/mol. The Balaban J connectivity index is 0.00000341. The van der Waals surface area contributed by atoms with Crippen molar-refractivity contribution in [2.45, 2.75) is 76.3 Å². The van der Waals surface area contributed by atoms with Gasteiger partial charge in [0.2, 0.25) is 0 Å². The number of piperidine rings is 1. The first-order chi connectivity index (χ1) is 14.7. The summed E-state index contributed by atoms with van der Waals surface area (Å²) in [5.74, 6) is 0.904. The second kappa shape index (κ2) is 13.9. The van der Waals surface area contributed by atoms with E-state index in [1.165, 1.54) is 58.0 Å². The molecule has 0 amide bonds. The molecule has 2 N–H and O–H groups in total. The van der Waals surface area contributed by atoms with E-state index in [0.29, 0.717) is 6.04 Å². The van der Waals surface area contributed by atoms with Gasteiger partial charge in [-0.15, -0.1) is 24.0 Å². The Bertz CT molecular complexity index is 684. The number of non-ortho nitro benzene ring substituents is 1. The maximum absolute atomic E-state index is 10.7. The number of guanidine groups is 1. The van der Waals surface area contributed by atoms with Crippen LogP contribution in [0, 0.1) is 10.1 Å². The van der Waals surface area contributed by atoms with E-state index in [1.807, 2.05) is 19.2 Å². The predicted molar refractivity (Wildman–Crippen MR) is 137 cm³/mol. The molecule has 31 heavy (non-hydrogen) atoms. The highest BCUT2D eigenvalue weighted by Gasteiger charge is 2.26. The molecule has 1 aromatic carbocycles. The minimum atomic E-state index is -0.355. The van der Waals surface area contributed by atoms with E-state index in [2.05, 4.69) is 20.5 Å². The van der Waals surface area contributed by atoms with Crippen LogP contribution in [-0.2, 0) is 6.42 Å². The molecule has 0 unspecified atom stereocenters. The Morgan fingerprint density at radius 1 is 1.10 bits per heavy atom. The number of hydrogen-bond acceptors (Lipinski definition) is 4. The molecule has 3 rings (SSSR count). The van der Waals surface area contributed by atoms with Crippen molar-refractivity contribution in [2.75, 3.05) is 26.7 Å². The maximum atomic E-state index is 10.7. The molecule has 1 aromatic rings. The Hall–Kier alpha value is -1.42. The molecule has 1 heterocycles. The number of nitrogens with zero attached hydrogens (tertiary/aromatic N) is 3. The number of unbranched alkanes of at least 4 members (excludes halogenated alkanes) is 1. The van der Waals surface area contributed by atoms with Gasteiger partial charge in [-0.25, -0.2) is 0 Å². The van der Waals surface area contributed by atoms with Crippen LogP contribution in [0.5, 0.6) is 0 Å². The zero-order chi connectivity index (χ0) is 21.2. The van der Waals surface area contributed by atoms with Gasteiger partial charge < -0.3 is 15.5 Å². The largest absolute Gasteiger partial charge is 0.356 e. The first-order valence-corrected chi connectivity index (χ1v) is 11.6. The third-order valence-corrected chi connectivity index (χ3v) is 6.52. The van der Waals surface area contributed by atoms with E-state index in [1.54, 1.807) is 12.1 Å². The fourth-order valence-electron chi connectivity index (χ4n) is 4.69. The molecule has 0 bridgehead atoms. The fraction of sp³-hybridized carbons (Fsp3) is 0.696. The molecule has 0 radical (unpaired) electrons. The zero-order valence-electron chi connectivity index (χ0n) is 18.7. The zero-order valence-corrected chi connectivity index (χ0v) is 21.1. The lowest BCUT2D eigenvalue weighted by Crippen LogP contribution is -2.51. The van der Waals surface area contributed by atoms with Crippen molar-refractivity contribution in [1.82, 2.24) is 15.5 Å². The van der Waals surface area contributed by atoms with Crippen LogP contribution in [0.25, 0.3) is 0 Å². The predicted octanol–water partition coefficient (Wildman–Crippen LogP) is 4.50. The normalized spacial score (nSPS) is 18.9. The van der Waals surface area contributed by atoms with Crippen LogP contribution < -0.4 is 10.6 Å². The van der Waals surface area contributed by atoms with Crippen molar-refractivity contribution in [3.05, 3.63) is 39.9 Å². The molecule has 1 saturated heterocycles. The Kier molecular flexibility index (Phi) is 11.6. The summed E-state index contributed by atoms with van der Waals surface area (Å²) in [5.41, 5.74) is 1.30. The van der Waals surface area contributed by atoms with Gasteiger partial charge in [-0.1, -0.05) is 31.4 Å². The monoisotopic (exact) mass is 543 g/mol. The van der Waals surface area contributed by atoms with Crippen LogP contribution in [0.1, 0.15) is 63.4 Å². The lowest BCUT2D eigenvalue weighted by molar-refractivity contribution is -0.384.